The molecule has 0 spiro atoms. The number of rotatable bonds is 4. The van der Waals surface area contributed by atoms with E-state index >= 15 is 0 Å². The molecule has 0 aliphatic carbocycles. The van der Waals surface area contributed by atoms with Crippen molar-refractivity contribution < 1.29 is 0 Å². The van der Waals surface area contributed by atoms with Gasteiger partial charge < -0.3 is 5.32 Å². The van der Waals surface area contributed by atoms with E-state index < -0.39 is 0 Å². The first kappa shape index (κ1) is 10.9. The van der Waals surface area contributed by atoms with Crippen LogP contribution in [0.4, 0.5) is 0 Å². The zero-order valence-electron chi connectivity index (χ0n) is 8.84. The zero-order valence-corrected chi connectivity index (χ0v) is 9.66. The number of nitrogens with one attached hydrogen (secondary N) is 1. The number of hydrogen-bond donors (Lipinski definition) is 1. The molecule has 3 heteroatoms. The summed E-state index contributed by atoms with van der Waals surface area (Å²) < 4.78 is 0. The molecular weight excluding hydrogens is 180 g/mol. The third-order valence-electron chi connectivity index (χ3n) is 2.58. The summed E-state index contributed by atoms with van der Waals surface area (Å²) in [5.74, 6) is 0.838. The van der Waals surface area contributed by atoms with Crippen molar-refractivity contribution in [3.8, 4) is 0 Å². The molecule has 1 aliphatic heterocycles. The molecule has 0 fully saturated rings. The lowest BCUT2D eigenvalue weighted by molar-refractivity contribution is 0.479. The van der Waals surface area contributed by atoms with Crippen LogP contribution in [0.5, 0.6) is 0 Å². The van der Waals surface area contributed by atoms with E-state index in [0.717, 1.165) is 29.4 Å². The normalized spacial score (nSPS) is 22.2. The molecule has 2 nitrogen and oxygen atoms in total. The van der Waals surface area contributed by atoms with E-state index in [-0.39, 0.29) is 0 Å². The van der Waals surface area contributed by atoms with Crippen LogP contribution in [-0.4, -0.2) is 23.5 Å². The second-order valence-corrected chi connectivity index (χ2v) is 4.64. The Labute approximate surface area is 85.6 Å². The molecule has 1 atom stereocenters. The largest absolute Gasteiger partial charge is 0.365 e. The highest BCUT2D eigenvalue weighted by atomic mass is 32.2. The Hall–Kier alpha value is -0.180. The third kappa shape index (κ3) is 2.90. The van der Waals surface area contributed by atoms with Gasteiger partial charge in [0, 0.05) is 11.8 Å². The van der Waals surface area contributed by atoms with E-state index in [1.807, 2.05) is 11.8 Å². The molecule has 1 aliphatic rings. The number of amidine groups is 1. The number of thioether (sulfide) groups is 1. The number of hydrogen-bond acceptors (Lipinski definition) is 3. The van der Waals surface area contributed by atoms with Crippen molar-refractivity contribution in [1.82, 2.24) is 5.32 Å². The van der Waals surface area contributed by atoms with Crippen molar-refractivity contribution in [1.29, 1.82) is 0 Å². The van der Waals surface area contributed by atoms with Crippen molar-refractivity contribution in [2.45, 2.75) is 38.9 Å². The van der Waals surface area contributed by atoms with Gasteiger partial charge in [0.1, 0.15) is 0 Å². The van der Waals surface area contributed by atoms with Gasteiger partial charge in [-0.2, -0.15) is 0 Å². The fraction of sp³-hybridized carbons (Fsp3) is 0.900. The van der Waals surface area contributed by atoms with Crippen molar-refractivity contribution in [2.75, 3.05) is 13.1 Å². The maximum absolute atomic E-state index is 4.49. The zero-order chi connectivity index (χ0) is 9.68. The van der Waals surface area contributed by atoms with Gasteiger partial charge in [0.25, 0.3) is 0 Å². The summed E-state index contributed by atoms with van der Waals surface area (Å²) in [6, 6.07) is 0. The standard InChI is InChI=1S/C10H20N2S/c1-4-8(5-2)9-7-12-10(13-9)11-6-3/h8-9H,4-7H2,1-3H3,(H,11,12). The molecule has 0 amide bonds. The van der Waals surface area contributed by atoms with Gasteiger partial charge in [0.05, 0.1) is 6.54 Å². The maximum Gasteiger partial charge on any atom is 0.156 e. The molecule has 1 rings (SSSR count). The topological polar surface area (TPSA) is 24.4 Å². The molecule has 76 valence electrons. The second-order valence-electron chi connectivity index (χ2n) is 3.41. The van der Waals surface area contributed by atoms with Gasteiger partial charge in [-0.1, -0.05) is 38.5 Å². The first-order chi connectivity index (χ1) is 6.31. The minimum atomic E-state index is 0.726. The molecule has 0 aromatic rings. The molecule has 0 bridgehead atoms. The fourth-order valence-corrected chi connectivity index (χ4v) is 3.09. The van der Waals surface area contributed by atoms with Crippen LogP contribution < -0.4 is 5.32 Å². The average molecular weight is 200 g/mol. The van der Waals surface area contributed by atoms with Crippen molar-refractivity contribution in [3.63, 3.8) is 0 Å². The predicted octanol–water partition coefficient (Wildman–Crippen LogP) is 2.50. The van der Waals surface area contributed by atoms with Gasteiger partial charge in [-0.25, -0.2) is 0 Å². The monoisotopic (exact) mass is 200 g/mol. The molecular formula is C10H20N2S. The maximum atomic E-state index is 4.49. The lowest BCUT2D eigenvalue weighted by atomic mass is 9.99. The van der Waals surface area contributed by atoms with Crippen LogP contribution in [0.2, 0.25) is 0 Å². The average Bonchev–Trinajstić information content (AvgIpc) is 2.56. The Morgan fingerprint density at radius 3 is 2.69 bits per heavy atom. The van der Waals surface area contributed by atoms with Gasteiger partial charge in [0.15, 0.2) is 5.17 Å². The molecule has 1 unspecified atom stereocenters. The highest BCUT2D eigenvalue weighted by Crippen LogP contribution is 2.29. The first-order valence-electron chi connectivity index (χ1n) is 5.26. The first-order valence-corrected chi connectivity index (χ1v) is 6.14. The van der Waals surface area contributed by atoms with Gasteiger partial charge in [-0.05, 0) is 12.8 Å². The SMILES string of the molecule is CCNC1=NCC(C(CC)CC)S1. The molecule has 0 saturated carbocycles. The highest BCUT2D eigenvalue weighted by molar-refractivity contribution is 8.14. The smallest absolute Gasteiger partial charge is 0.156 e. The predicted molar refractivity (Wildman–Crippen MR) is 61.4 cm³/mol. The summed E-state index contributed by atoms with van der Waals surface area (Å²) in [6.45, 7) is 8.67. The summed E-state index contributed by atoms with van der Waals surface area (Å²) in [5, 5.41) is 5.17. The van der Waals surface area contributed by atoms with E-state index in [2.05, 4.69) is 31.1 Å². The minimum absolute atomic E-state index is 0.726. The lowest BCUT2D eigenvalue weighted by Gasteiger charge is -2.18. The van der Waals surface area contributed by atoms with Crippen LogP contribution >= 0.6 is 11.8 Å². The Kier molecular flexibility index (Phi) is 4.64. The van der Waals surface area contributed by atoms with Crippen LogP contribution in [0.3, 0.4) is 0 Å². The van der Waals surface area contributed by atoms with Gasteiger partial charge in [-0.3, -0.25) is 4.99 Å². The Morgan fingerprint density at radius 2 is 2.15 bits per heavy atom. The van der Waals surface area contributed by atoms with E-state index in [4.69, 9.17) is 0 Å². The van der Waals surface area contributed by atoms with Crippen molar-refractivity contribution in [2.24, 2.45) is 10.9 Å². The summed E-state index contributed by atoms with van der Waals surface area (Å²) in [4.78, 5) is 4.49. The quantitative estimate of drug-likeness (QED) is 0.754. The Balaban J connectivity index is 2.35. The highest BCUT2D eigenvalue weighted by Gasteiger charge is 2.25. The molecule has 1 N–H and O–H groups in total. The van der Waals surface area contributed by atoms with Crippen LogP contribution in [0.25, 0.3) is 0 Å². The molecule has 0 aromatic heterocycles. The van der Waals surface area contributed by atoms with Crippen molar-refractivity contribution >= 4 is 16.9 Å². The van der Waals surface area contributed by atoms with Crippen LogP contribution in [0.1, 0.15) is 33.6 Å². The van der Waals surface area contributed by atoms with E-state index in [0.29, 0.717) is 0 Å². The van der Waals surface area contributed by atoms with E-state index in [1.54, 1.807) is 0 Å². The lowest BCUT2D eigenvalue weighted by Crippen LogP contribution is -2.21. The van der Waals surface area contributed by atoms with Crippen molar-refractivity contribution in [3.05, 3.63) is 0 Å². The van der Waals surface area contributed by atoms with Crippen LogP contribution in [0.15, 0.2) is 4.99 Å². The number of aliphatic imine (C=N–C) groups is 1. The van der Waals surface area contributed by atoms with Crippen LogP contribution in [0, 0.1) is 5.92 Å². The Morgan fingerprint density at radius 1 is 1.46 bits per heavy atom. The number of nitrogens with zero attached hydrogens (tertiary/aromatic N) is 1. The molecule has 0 radical (unpaired) electrons. The fourth-order valence-electron chi connectivity index (χ4n) is 1.70. The second kappa shape index (κ2) is 5.53. The van der Waals surface area contributed by atoms with Gasteiger partial charge in [0.2, 0.25) is 0 Å². The molecule has 0 saturated heterocycles. The summed E-state index contributed by atoms with van der Waals surface area (Å²) in [6.07, 6.45) is 2.56. The summed E-state index contributed by atoms with van der Waals surface area (Å²) >= 11 is 1.93. The molecule has 13 heavy (non-hydrogen) atoms. The van der Waals surface area contributed by atoms with E-state index in [1.165, 1.54) is 12.8 Å². The Bertz CT molecular complexity index is 176. The minimum Gasteiger partial charge on any atom is -0.365 e. The molecule has 1 heterocycles. The summed E-state index contributed by atoms with van der Waals surface area (Å²) in [7, 11) is 0. The van der Waals surface area contributed by atoms with Crippen LogP contribution in [-0.2, 0) is 0 Å². The summed E-state index contributed by atoms with van der Waals surface area (Å²) in [5.41, 5.74) is 0. The van der Waals surface area contributed by atoms with Gasteiger partial charge >= 0.3 is 0 Å². The van der Waals surface area contributed by atoms with E-state index in [9.17, 15) is 0 Å². The molecule has 0 aromatic carbocycles. The van der Waals surface area contributed by atoms with Gasteiger partial charge in [-0.15, -0.1) is 0 Å². The third-order valence-corrected chi connectivity index (χ3v) is 3.91.